The second kappa shape index (κ2) is 16.2. The summed E-state index contributed by atoms with van der Waals surface area (Å²) in [5, 5.41) is 95.9. The van der Waals surface area contributed by atoms with Crippen LogP contribution in [0.2, 0.25) is 0 Å². The average Bonchev–Trinajstić information content (AvgIpc) is 4.00. The summed E-state index contributed by atoms with van der Waals surface area (Å²) in [6, 6.07) is 41.1. The molecule has 0 saturated carbocycles. The predicted octanol–water partition coefficient (Wildman–Crippen LogP) is 11.0. The van der Waals surface area contributed by atoms with Gasteiger partial charge in [-0.1, -0.05) is 60.7 Å². The molecule has 0 aliphatic carbocycles. The van der Waals surface area contributed by atoms with Crippen molar-refractivity contribution < 1.29 is 60.2 Å². The summed E-state index contributed by atoms with van der Waals surface area (Å²) in [5.41, 5.74) is 7.39. The van der Waals surface area contributed by atoms with E-state index in [1.54, 1.807) is 109 Å². The maximum atomic E-state index is 11.9. The maximum absolute atomic E-state index is 11.9. The van der Waals surface area contributed by atoms with Crippen LogP contribution < -0.4 is 14.2 Å². The molecule has 3 heterocycles. The Hall–Kier alpha value is -8.90. The molecule has 9 N–H and O–H groups in total. The van der Waals surface area contributed by atoms with Crippen LogP contribution in [0.25, 0.3) is 12.2 Å². The number of fused-ring (bicyclic) bond motifs is 3. The van der Waals surface area contributed by atoms with E-state index in [0.29, 0.717) is 50.4 Å². The lowest BCUT2D eigenvalue weighted by Crippen LogP contribution is -2.13. The third kappa shape index (κ3) is 7.47. The van der Waals surface area contributed by atoms with Crippen LogP contribution in [-0.2, 0) is 0 Å². The van der Waals surface area contributed by atoms with Gasteiger partial charge in [0, 0.05) is 34.9 Å². The number of hydrogen-bond donors (Lipinski definition) is 9. The molecule has 3 aliphatic heterocycles. The van der Waals surface area contributed by atoms with E-state index in [-0.39, 0.29) is 57.5 Å². The van der Waals surface area contributed by atoms with Gasteiger partial charge in [0.1, 0.15) is 75.8 Å². The van der Waals surface area contributed by atoms with E-state index < -0.39 is 36.1 Å². The van der Waals surface area contributed by atoms with Crippen molar-refractivity contribution >= 4 is 12.2 Å². The zero-order valence-corrected chi connectivity index (χ0v) is 35.8. The van der Waals surface area contributed by atoms with Crippen molar-refractivity contribution in [2.75, 3.05) is 0 Å². The molecule has 6 atom stereocenters. The first-order valence-electron chi connectivity index (χ1n) is 21.8. The molecule has 0 amide bonds. The summed E-state index contributed by atoms with van der Waals surface area (Å²) < 4.78 is 19.8. The standard InChI is InChI=1S/C56H42O12/c57-36-10-4-29(5-11-36)53-49(35-23-45-50(33-19-39(60)25-40(61)20-33)54(68-56(45)46(65)24-35)30-6-12-37(58)13-7-30)44-17-28(2-16-47(44)66-53)1-3-32-18-43(64)27-48-51(32)52(34-21-41(62)26-42(63)22-34)55(67-48)31-8-14-38(59)15-9-31/h1-27,49-50,52-55,57-65H/b3-1+/t49-,50-,52-,53-,54+,55+/m0/s1. The molecule has 0 unspecified atom stereocenters. The molecule has 0 bridgehead atoms. The highest BCUT2D eigenvalue weighted by atomic mass is 16.5. The smallest absolute Gasteiger partial charge is 0.165 e. The van der Waals surface area contributed by atoms with Gasteiger partial charge in [-0.2, -0.15) is 0 Å². The molecule has 12 heteroatoms. The van der Waals surface area contributed by atoms with Gasteiger partial charge in [0.05, 0.1) is 17.8 Å². The van der Waals surface area contributed by atoms with Crippen LogP contribution in [0.15, 0.2) is 152 Å². The quantitative estimate of drug-likeness (QED) is 0.0652. The van der Waals surface area contributed by atoms with Gasteiger partial charge in [0.2, 0.25) is 0 Å². The third-order valence-corrected chi connectivity index (χ3v) is 13.0. The van der Waals surface area contributed by atoms with Crippen LogP contribution in [0.1, 0.15) is 97.3 Å². The minimum absolute atomic E-state index is 0.0429. The van der Waals surface area contributed by atoms with Gasteiger partial charge >= 0.3 is 0 Å². The Balaban J connectivity index is 1.02. The number of hydrogen-bond acceptors (Lipinski definition) is 12. The predicted molar refractivity (Wildman–Crippen MR) is 251 cm³/mol. The van der Waals surface area contributed by atoms with E-state index >= 15 is 0 Å². The first-order valence-corrected chi connectivity index (χ1v) is 21.8. The largest absolute Gasteiger partial charge is 0.508 e. The van der Waals surface area contributed by atoms with Crippen LogP contribution in [0.5, 0.6) is 69.0 Å². The van der Waals surface area contributed by atoms with Crippen molar-refractivity contribution in [3.8, 4) is 69.0 Å². The van der Waals surface area contributed by atoms with E-state index in [1.165, 1.54) is 18.2 Å². The van der Waals surface area contributed by atoms with Crippen LogP contribution in [0, 0.1) is 0 Å². The minimum Gasteiger partial charge on any atom is -0.508 e. The molecular weight excluding hydrogens is 865 g/mol. The minimum atomic E-state index is -0.719. The van der Waals surface area contributed by atoms with Crippen LogP contribution in [0.3, 0.4) is 0 Å². The molecule has 338 valence electrons. The van der Waals surface area contributed by atoms with E-state index in [2.05, 4.69) is 0 Å². The van der Waals surface area contributed by atoms with E-state index in [4.69, 9.17) is 14.2 Å². The molecule has 68 heavy (non-hydrogen) atoms. The van der Waals surface area contributed by atoms with Crippen LogP contribution in [-0.4, -0.2) is 46.0 Å². The SMILES string of the molecule is Oc1ccc([C@H]2Oc3c(O)cc([C@H]4c5cc(/C=C/c6cc(O)cc7c6[C@H](c6cc(O)cc(O)c6)[C@@H](c6ccc(O)cc6)O7)ccc5O[C@H]4c4ccc(O)cc4)cc3[C@@H]2c2cc(O)cc(O)c2)cc1. The number of rotatable bonds is 8. The first-order chi connectivity index (χ1) is 32.8. The molecule has 12 nitrogen and oxygen atoms in total. The highest BCUT2D eigenvalue weighted by molar-refractivity contribution is 5.76. The Kier molecular flexibility index (Phi) is 9.96. The summed E-state index contributed by atoms with van der Waals surface area (Å²) in [6.45, 7) is 0. The van der Waals surface area contributed by atoms with Gasteiger partial charge in [0.25, 0.3) is 0 Å². The topological polar surface area (TPSA) is 210 Å². The zero-order valence-electron chi connectivity index (χ0n) is 35.8. The first kappa shape index (κ1) is 41.8. The van der Waals surface area contributed by atoms with Gasteiger partial charge in [-0.05, 0) is 129 Å². The Bertz CT molecular complexity index is 3250. The molecular formula is C56H42O12. The maximum Gasteiger partial charge on any atom is 0.165 e. The number of phenols is 9. The van der Waals surface area contributed by atoms with Crippen molar-refractivity contribution in [2.24, 2.45) is 0 Å². The summed E-state index contributed by atoms with van der Waals surface area (Å²) in [5.74, 6) is -1.03. The van der Waals surface area contributed by atoms with Crippen molar-refractivity contribution in [3.63, 3.8) is 0 Å². The summed E-state index contributed by atoms with van der Waals surface area (Å²) >= 11 is 0. The second-order valence-electron chi connectivity index (χ2n) is 17.4. The van der Waals surface area contributed by atoms with Crippen molar-refractivity contribution in [2.45, 2.75) is 36.1 Å². The fourth-order valence-corrected chi connectivity index (χ4v) is 10.1. The normalized spacial score (nSPS) is 20.0. The molecule has 0 radical (unpaired) electrons. The molecule has 8 aromatic rings. The zero-order chi connectivity index (χ0) is 47.0. The fourth-order valence-electron chi connectivity index (χ4n) is 10.1. The highest BCUT2D eigenvalue weighted by Crippen LogP contribution is 2.58. The Morgan fingerprint density at radius 3 is 1.34 bits per heavy atom. The number of phenolic OH excluding ortho intramolecular Hbond substituents is 9. The van der Waals surface area contributed by atoms with E-state index in [1.807, 2.05) is 36.4 Å². The fraction of sp³-hybridized carbons (Fsp3) is 0.107. The summed E-state index contributed by atoms with van der Waals surface area (Å²) in [6.07, 6.45) is 1.76. The van der Waals surface area contributed by atoms with Gasteiger partial charge in [-0.3, -0.25) is 0 Å². The molecule has 3 aliphatic rings. The molecule has 11 rings (SSSR count). The molecule has 0 aromatic heterocycles. The Morgan fingerprint density at radius 2 is 0.779 bits per heavy atom. The number of aromatic hydroxyl groups is 9. The second-order valence-corrected chi connectivity index (χ2v) is 17.4. The van der Waals surface area contributed by atoms with E-state index in [0.717, 1.165) is 22.3 Å². The van der Waals surface area contributed by atoms with Gasteiger partial charge in [0.15, 0.2) is 11.5 Å². The van der Waals surface area contributed by atoms with Gasteiger partial charge < -0.3 is 60.2 Å². The number of benzene rings is 8. The lowest BCUT2D eigenvalue weighted by molar-refractivity contribution is 0.214. The van der Waals surface area contributed by atoms with Crippen molar-refractivity contribution in [1.29, 1.82) is 0 Å². The average molecular weight is 907 g/mol. The van der Waals surface area contributed by atoms with Crippen LogP contribution >= 0.6 is 0 Å². The summed E-state index contributed by atoms with van der Waals surface area (Å²) in [4.78, 5) is 0. The molecule has 8 aromatic carbocycles. The van der Waals surface area contributed by atoms with Crippen LogP contribution in [0.4, 0.5) is 0 Å². The Morgan fingerprint density at radius 1 is 0.324 bits per heavy atom. The molecule has 0 spiro atoms. The highest BCUT2D eigenvalue weighted by Gasteiger charge is 2.43. The Labute approximate surface area is 389 Å². The summed E-state index contributed by atoms with van der Waals surface area (Å²) in [7, 11) is 0. The van der Waals surface area contributed by atoms with Gasteiger partial charge in [-0.25, -0.2) is 0 Å². The van der Waals surface area contributed by atoms with Crippen molar-refractivity contribution in [1.82, 2.24) is 0 Å². The lowest BCUT2D eigenvalue weighted by Gasteiger charge is -2.22. The van der Waals surface area contributed by atoms with Gasteiger partial charge in [-0.15, -0.1) is 0 Å². The van der Waals surface area contributed by atoms with E-state index in [9.17, 15) is 46.0 Å². The monoisotopic (exact) mass is 906 g/mol. The lowest BCUT2D eigenvalue weighted by atomic mass is 9.80. The molecule has 0 fully saturated rings. The number of ether oxygens (including phenoxy) is 3. The van der Waals surface area contributed by atoms with Crippen molar-refractivity contribution in [3.05, 3.63) is 213 Å². The third-order valence-electron chi connectivity index (χ3n) is 13.0. The molecule has 0 saturated heterocycles.